The maximum absolute atomic E-state index is 13.4. The van der Waals surface area contributed by atoms with Gasteiger partial charge in [-0.05, 0) is 41.8 Å². The quantitative estimate of drug-likeness (QED) is 0.910. The predicted molar refractivity (Wildman–Crippen MR) is 78.8 cm³/mol. The second-order valence-corrected chi connectivity index (χ2v) is 6.12. The highest BCUT2D eigenvalue weighted by Crippen LogP contribution is 2.33. The Balaban J connectivity index is 1.91. The molecule has 19 heavy (non-hydrogen) atoms. The van der Waals surface area contributed by atoms with Crippen LogP contribution in [0.4, 0.5) is 4.39 Å². The molecule has 3 heteroatoms. The van der Waals surface area contributed by atoms with Gasteiger partial charge in [0.25, 0.3) is 0 Å². The number of hydrogen-bond donors (Lipinski definition) is 1. The zero-order valence-electron chi connectivity index (χ0n) is 10.5. The van der Waals surface area contributed by atoms with E-state index in [1.54, 1.807) is 12.1 Å². The SMILES string of the molecule is Fc1cccc(C2(Cc3cccc(Br)c3)CNC2)c1. The molecule has 1 heterocycles. The van der Waals surface area contributed by atoms with Crippen molar-refractivity contribution in [1.82, 2.24) is 5.32 Å². The highest BCUT2D eigenvalue weighted by molar-refractivity contribution is 9.10. The lowest BCUT2D eigenvalue weighted by atomic mass is 9.71. The summed E-state index contributed by atoms with van der Waals surface area (Å²) in [6.07, 6.45) is 0.933. The van der Waals surface area contributed by atoms with Crippen molar-refractivity contribution in [3.05, 3.63) is 69.9 Å². The van der Waals surface area contributed by atoms with Crippen molar-refractivity contribution in [1.29, 1.82) is 0 Å². The van der Waals surface area contributed by atoms with Gasteiger partial charge < -0.3 is 5.32 Å². The lowest BCUT2D eigenvalue weighted by molar-refractivity contribution is 0.274. The first-order valence-corrected chi connectivity index (χ1v) is 7.19. The Bertz CT molecular complexity index is 593. The predicted octanol–water partition coefficient (Wildman–Crippen LogP) is 3.67. The number of benzene rings is 2. The van der Waals surface area contributed by atoms with Crippen LogP contribution in [0.15, 0.2) is 53.0 Å². The number of halogens is 2. The molecule has 2 aromatic rings. The van der Waals surface area contributed by atoms with Gasteiger partial charge in [0, 0.05) is 23.0 Å². The molecule has 2 aromatic carbocycles. The minimum atomic E-state index is -0.155. The van der Waals surface area contributed by atoms with Crippen molar-refractivity contribution in [3.8, 4) is 0 Å². The van der Waals surface area contributed by atoms with Crippen molar-refractivity contribution >= 4 is 15.9 Å². The zero-order valence-corrected chi connectivity index (χ0v) is 12.1. The van der Waals surface area contributed by atoms with Gasteiger partial charge in [-0.25, -0.2) is 4.39 Å². The van der Waals surface area contributed by atoms with E-state index >= 15 is 0 Å². The van der Waals surface area contributed by atoms with Gasteiger partial charge in [0.2, 0.25) is 0 Å². The normalized spacial score (nSPS) is 16.9. The second kappa shape index (κ2) is 5.06. The zero-order chi connectivity index (χ0) is 13.3. The molecule has 1 nitrogen and oxygen atoms in total. The van der Waals surface area contributed by atoms with Crippen LogP contribution in [0.2, 0.25) is 0 Å². The van der Waals surface area contributed by atoms with E-state index in [-0.39, 0.29) is 11.2 Å². The first kappa shape index (κ1) is 12.8. The molecule has 0 spiro atoms. The molecule has 0 radical (unpaired) electrons. The van der Waals surface area contributed by atoms with E-state index in [4.69, 9.17) is 0 Å². The Morgan fingerprint density at radius 1 is 1.11 bits per heavy atom. The van der Waals surface area contributed by atoms with Gasteiger partial charge in [0.05, 0.1) is 0 Å². The molecule has 1 N–H and O–H groups in total. The fraction of sp³-hybridized carbons (Fsp3) is 0.250. The van der Waals surface area contributed by atoms with Crippen molar-refractivity contribution in [2.24, 2.45) is 0 Å². The Hall–Kier alpha value is -1.19. The summed E-state index contributed by atoms with van der Waals surface area (Å²) in [5, 5.41) is 3.32. The van der Waals surface area contributed by atoms with Crippen LogP contribution in [-0.2, 0) is 11.8 Å². The average Bonchev–Trinajstić information content (AvgIpc) is 2.34. The summed E-state index contributed by atoms with van der Waals surface area (Å²) in [5.74, 6) is -0.155. The number of hydrogen-bond acceptors (Lipinski definition) is 1. The summed E-state index contributed by atoms with van der Waals surface area (Å²) in [6, 6.07) is 15.3. The third-order valence-corrected chi connectivity index (χ3v) is 4.29. The summed E-state index contributed by atoms with van der Waals surface area (Å²) in [5.41, 5.74) is 2.40. The summed E-state index contributed by atoms with van der Waals surface area (Å²) in [4.78, 5) is 0. The van der Waals surface area contributed by atoms with E-state index in [2.05, 4.69) is 33.4 Å². The molecule has 1 aliphatic heterocycles. The maximum atomic E-state index is 13.4. The Kier molecular flexibility index (Phi) is 3.42. The topological polar surface area (TPSA) is 12.0 Å². The minimum Gasteiger partial charge on any atom is -0.315 e. The summed E-state index contributed by atoms with van der Waals surface area (Å²) in [6.45, 7) is 1.81. The summed E-state index contributed by atoms with van der Waals surface area (Å²) < 4.78 is 14.5. The largest absolute Gasteiger partial charge is 0.315 e. The molecule has 0 aromatic heterocycles. The monoisotopic (exact) mass is 319 g/mol. The molecule has 1 fully saturated rings. The van der Waals surface area contributed by atoms with Crippen LogP contribution in [0.25, 0.3) is 0 Å². The minimum absolute atomic E-state index is 0.0306. The van der Waals surface area contributed by atoms with Crippen LogP contribution in [0.1, 0.15) is 11.1 Å². The van der Waals surface area contributed by atoms with Crippen molar-refractivity contribution < 1.29 is 4.39 Å². The maximum Gasteiger partial charge on any atom is 0.123 e. The third kappa shape index (κ3) is 2.58. The molecule has 0 aliphatic carbocycles. The molecular formula is C16H15BrFN. The van der Waals surface area contributed by atoms with Gasteiger partial charge in [0.1, 0.15) is 5.82 Å². The van der Waals surface area contributed by atoms with Crippen LogP contribution >= 0.6 is 15.9 Å². The molecule has 98 valence electrons. The van der Waals surface area contributed by atoms with Crippen LogP contribution in [0, 0.1) is 5.82 Å². The van der Waals surface area contributed by atoms with Gasteiger partial charge in [-0.3, -0.25) is 0 Å². The fourth-order valence-electron chi connectivity index (χ4n) is 2.71. The molecule has 1 saturated heterocycles. The van der Waals surface area contributed by atoms with Gasteiger partial charge in [-0.2, -0.15) is 0 Å². The summed E-state index contributed by atoms with van der Waals surface area (Å²) in [7, 11) is 0. The van der Waals surface area contributed by atoms with E-state index in [0.29, 0.717) is 0 Å². The molecular weight excluding hydrogens is 305 g/mol. The fourth-order valence-corrected chi connectivity index (χ4v) is 3.16. The first-order valence-electron chi connectivity index (χ1n) is 6.39. The Morgan fingerprint density at radius 2 is 1.89 bits per heavy atom. The van der Waals surface area contributed by atoms with E-state index in [1.807, 2.05) is 18.2 Å². The average molecular weight is 320 g/mol. The van der Waals surface area contributed by atoms with Gasteiger partial charge >= 0.3 is 0 Å². The van der Waals surface area contributed by atoms with E-state index in [1.165, 1.54) is 11.6 Å². The van der Waals surface area contributed by atoms with Crippen LogP contribution < -0.4 is 5.32 Å². The van der Waals surface area contributed by atoms with Crippen LogP contribution in [0.3, 0.4) is 0 Å². The molecule has 0 bridgehead atoms. The lowest BCUT2D eigenvalue weighted by Crippen LogP contribution is -2.58. The van der Waals surface area contributed by atoms with Gasteiger partial charge in [0.15, 0.2) is 0 Å². The first-order chi connectivity index (χ1) is 9.18. The second-order valence-electron chi connectivity index (χ2n) is 5.20. The van der Waals surface area contributed by atoms with E-state index < -0.39 is 0 Å². The molecule has 1 aliphatic rings. The van der Waals surface area contributed by atoms with Crippen molar-refractivity contribution in [3.63, 3.8) is 0 Å². The third-order valence-electron chi connectivity index (χ3n) is 3.80. The highest BCUT2D eigenvalue weighted by Gasteiger charge is 2.38. The highest BCUT2D eigenvalue weighted by atomic mass is 79.9. The van der Waals surface area contributed by atoms with Crippen LogP contribution in [0.5, 0.6) is 0 Å². The number of rotatable bonds is 3. The molecule has 3 rings (SSSR count). The van der Waals surface area contributed by atoms with Crippen LogP contribution in [-0.4, -0.2) is 13.1 Å². The smallest absolute Gasteiger partial charge is 0.123 e. The molecule has 0 atom stereocenters. The Labute approximate surface area is 121 Å². The summed E-state index contributed by atoms with van der Waals surface area (Å²) >= 11 is 3.50. The van der Waals surface area contributed by atoms with Crippen molar-refractivity contribution in [2.45, 2.75) is 11.8 Å². The molecule has 0 unspecified atom stereocenters. The van der Waals surface area contributed by atoms with Gasteiger partial charge in [-0.15, -0.1) is 0 Å². The molecule has 0 saturated carbocycles. The Morgan fingerprint density at radius 3 is 2.53 bits per heavy atom. The number of nitrogens with one attached hydrogen (secondary N) is 1. The lowest BCUT2D eigenvalue weighted by Gasteiger charge is -2.43. The standard InChI is InChI=1S/C16H15BrFN/c17-14-5-1-3-12(7-14)9-16(10-19-11-16)13-4-2-6-15(18)8-13/h1-8,19H,9-11H2. The van der Waals surface area contributed by atoms with E-state index in [9.17, 15) is 4.39 Å². The van der Waals surface area contributed by atoms with Crippen molar-refractivity contribution in [2.75, 3.05) is 13.1 Å². The van der Waals surface area contributed by atoms with E-state index in [0.717, 1.165) is 29.5 Å². The molecule has 0 amide bonds. The van der Waals surface area contributed by atoms with Gasteiger partial charge in [-0.1, -0.05) is 40.2 Å².